The minimum atomic E-state index is -4.94. The molecule has 2 aromatic carbocycles. The Kier molecular flexibility index (Phi) is 8.21. The Morgan fingerprint density at radius 2 is 1.68 bits per heavy atom. The molecule has 2 aromatic heterocycles. The Bertz CT molecular complexity index is 1310. The smallest absolute Gasteiger partial charge is 0.213 e. The fourth-order valence-corrected chi connectivity index (χ4v) is 3.28. The molecule has 0 fully saturated rings. The van der Waals surface area contributed by atoms with Crippen molar-refractivity contribution >= 4 is 11.0 Å². The molecule has 2 heterocycles. The number of pyridine rings is 1. The largest absolute Gasteiger partial charge is 0.493 e. The number of nitrogens with one attached hydrogen (secondary N) is 1. The summed E-state index contributed by atoms with van der Waals surface area (Å²) < 4.78 is 51.0. The zero-order chi connectivity index (χ0) is 24.7. The van der Waals surface area contributed by atoms with Gasteiger partial charge in [-0.15, -0.1) is 10.2 Å². The normalized spacial score (nSPS) is 11.7. The number of hydrogen-bond acceptors (Lipinski definition) is 8. The van der Waals surface area contributed by atoms with E-state index in [1.807, 2.05) is 42.6 Å². The van der Waals surface area contributed by atoms with Crippen LogP contribution in [0.4, 0.5) is 0 Å². The summed E-state index contributed by atoms with van der Waals surface area (Å²) in [5, 5.41) is 2.04. The molecule has 4 rings (SSSR count). The van der Waals surface area contributed by atoms with Crippen LogP contribution >= 0.6 is 0 Å². The van der Waals surface area contributed by atoms with E-state index in [9.17, 15) is 0 Å². The topological polar surface area (TPSA) is 151 Å². The zero-order valence-corrected chi connectivity index (χ0v) is 19.5. The van der Waals surface area contributed by atoms with Crippen LogP contribution in [0.15, 0.2) is 71.4 Å². The molecule has 10 heteroatoms. The van der Waals surface area contributed by atoms with E-state index in [2.05, 4.69) is 35.1 Å². The molecule has 0 amide bonds. The average molecular weight is 487 g/mol. The zero-order valence-electron chi connectivity index (χ0n) is 18.7. The standard InChI is InChI=1S/C24H22N2O3.ClHO4/c1-16-6-8-21-19(11-16)20(26-15-17-5-4-10-25-14-17)13-23(29-21)18-7-9-22(27-2)24(12-18)28-3;2-1(3,4)5/h4-14H,15H2,1-3H3;(H,2,3,4,5). The van der Waals surface area contributed by atoms with Crippen molar-refractivity contribution in [1.82, 2.24) is 4.98 Å². The van der Waals surface area contributed by atoms with Crippen molar-refractivity contribution in [3.05, 3.63) is 83.5 Å². The van der Waals surface area contributed by atoms with Gasteiger partial charge in [-0.05, 0) is 49.4 Å². The number of fused-ring (bicyclic) bond motifs is 1. The van der Waals surface area contributed by atoms with Gasteiger partial charge < -0.3 is 13.9 Å². The third-order valence-electron chi connectivity index (χ3n) is 4.79. The summed E-state index contributed by atoms with van der Waals surface area (Å²) in [4.78, 5) is 7.73. The number of methoxy groups -OCH3 is 2. The summed E-state index contributed by atoms with van der Waals surface area (Å²) in [5.41, 5.74) is 4.02. The first kappa shape index (κ1) is 25.2. The van der Waals surface area contributed by atoms with Gasteiger partial charge in [0.2, 0.25) is 5.36 Å². The van der Waals surface area contributed by atoms with E-state index in [1.54, 1.807) is 20.4 Å². The molecule has 1 N–H and O–H groups in total. The van der Waals surface area contributed by atoms with Crippen LogP contribution in [0.3, 0.4) is 0 Å². The number of aromatic nitrogens is 1. The van der Waals surface area contributed by atoms with Gasteiger partial charge in [-0.2, -0.15) is 0 Å². The van der Waals surface area contributed by atoms with E-state index in [0.717, 1.165) is 33.2 Å². The quantitative estimate of drug-likeness (QED) is 0.348. The molecule has 0 bridgehead atoms. The highest BCUT2D eigenvalue weighted by Gasteiger charge is 2.12. The van der Waals surface area contributed by atoms with E-state index in [-0.39, 0.29) is 0 Å². The molecule has 0 aliphatic heterocycles. The molecule has 0 unspecified atom stereocenters. The fraction of sp³-hybridized carbons (Fsp3) is 0.167. The third-order valence-corrected chi connectivity index (χ3v) is 4.79. The minimum Gasteiger partial charge on any atom is -0.493 e. The Balaban J connectivity index is 0.000000588. The molecule has 0 aliphatic carbocycles. The molecule has 9 nitrogen and oxygen atoms in total. The van der Waals surface area contributed by atoms with Crippen LogP contribution in [-0.2, 0) is 6.54 Å². The van der Waals surface area contributed by atoms with Crippen molar-refractivity contribution < 1.29 is 47.8 Å². The van der Waals surface area contributed by atoms with E-state index in [4.69, 9.17) is 32.5 Å². The van der Waals surface area contributed by atoms with Gasteiger partial charge in [-0.1, -0.05) is 11.6 Å². The van der Waals surface area contributed by atoms with Crippen LogP contribution in [0.25, 0.3) is 22.3 Å². The number of hydrogen-bond donors (Lipinski definition) is 1. The second-order valence-corrected chi connectivity index (χ2v) is 7.94. The Morgan fingerprint density at radius 1 is 0.941 bits per heavy atom. The van der Waals surface area contributed by atoms with Crippen LogP contribution in [0.2, 0.25) is 0 Å². The van der Waals surface area contributed by atoms with Crippen LogP contribution in [0.5, 0.6) is 11.5 Å². The predicted molar refractivity (Wildman–Crippen MR) is 112 cm³/mol. The SMILES string of the molecule is COc1ccc(-c2cc(=[NH+]Cc3cccnc3)c3cc(C)ccc3o2)cc1OC.[O-][Cl+3]([O-])([O-])[O-]. The predicted octanol–water partition coefficient (Wildman–Crippen LogP) is -1.75. The number of ether oxygens (including phenoxy) is 2. The lowest BCUT2D eigenvalue weighted by Crippen LogP contribution is -2.75. The van der Waals surface area contributed by atoms with Crippen molar-refractivity contribution in [3.8, 4) is 22.8 Å². The van der Waals surface area contributed by atoms with Gasteiger partial charge in [0.25, 0.3) is 0 Å². The maximum atomic E-state index is 8.49. The molecule has 34 heavy (non-hydrogen) atoms. The summed E-state index contributed by atoms with van der Waals surface area (Å²) in [6.45, 7) is 2.75. The summed E-state index contributed by atoms with van der Waals surface area (Å²) in [7, 11) is -1.69. The summed E-state index contributed by atoms with van der Waals surface area (Å²) in [6, 6.07) is 18.0. The summed E-state index contributed by atoms with van der Waals surface area (Å²) >= 11 is 0. The van der Waals surface area contributed by atoms with Gasteiger partial charge in [0.15, 0.2) is 18.0 Å². The van der Waals surface area contributed by atoms with Gasteiger partial charge in [0, 0.05) is 23.5 Å². The Morgan fingerprint density at radius 3 is 2.32 bits per heavy atom. The van der Waals surface area contributed by atoms with Crippen molar-refractivity contribution in [3.63, 3.8) is 0 Å². The van der Waals surface area contributed by atoms with Crippen molar-refractivity contribution in [2.45, 2.75) is 13.5 Å². The van der Waals surface area contributed by atoms with E-state index >= 15 is 0 Å². The molecule has 0 saturated carbocycles. The number of rotatable bonds is 5. The maximum Gasteiger partial charge on any atom is 0.213 e. The number of halogens is 1. The van der Waals surface area contributed by atoms with Gasteiger partial charge in [0.1, 0.15) is 11.3 Å². The van der Waals surface area contributed by atoms with Crippen LogP contribution in [0.1, 0.15) is 11.1 Å². The molecule has 0 saturated heterocycles. The highest BCUT2D eigenvalue weighted by atomic mass is 35.7. The average Bonchev–Trinajstić information content (AvgIpc) is 2.81. The Hall–Kier alpha value is -3.47. The second kappa shape index (κ2) is 11.1. The van der Waals surface area contributed by atoms with Gasteiger partial charge in [-0.25, -0.2) is 23.6 Å². The maximum absolute atomic E-state index is 8.49. The number of benzene rings is 2. The lowest BCUT2D eigenvalue weighted by atomic mass is 10.1. The van der Waals surface area contributed by atoms with Crippen LogP contribution in [0, 0.1) is 17.2 Å². The molecular formula is C24H23ClN2O7. The van der Waals surface area contributed by atoms with E-state index < -0.39 is 10.2 Å². The second-order valence-electron chi connectivity index (χ2n) is 7.19. The fourth-order valence-electron chi connectivity index (χ4n) is 3.28. The first-order chi connectivity index (χ1) is 16.2. The summed E-state index contributed by atoms with van der Waals surface area (Å²) in [6.07, 6.45) is 3.64. The monoisotopic (exact) mass is 486 g/mol. The van der Waals surface area contributed by atoms with E-state index in [0.29, 0.717) is 18.0 Å². The van der Waals surface area contributed by atoms with E-state index in [1.165, 1.54) is 5.56 Å². The van der Waals surface area contributed by atoms with Crippen LogP contribution in [-0.4, -0.2) is 19.2 Å². The molecule has 4 aromatic rings. The molecule has 0 spiro atoms. The molecule has 0 aliphatic rings. The Labute approximate surface area is 197 Å². The lowest BCUT2D eigenvalue weighted by molar-refractivity contribution is -2.00. The number of nitrogens with zero attached hydrogens (tertiary/aromatic N) is 1. The van der Waals surface area contributed by atoms with Gasteiger partial charge >= 0.3 is 0 Å². The van der Waals surface area contributed by atoms with Gasteiger partial charge in [0.05, 0.1) is 25.7 Å². The first-order valence-electron chi connectivity index (χ1n) is 10.0. The molecular weight excluding hydrogens is 464 g/mol. The van der Waals surface area contributed by atoms with Crippen LogP contribution < -0.4 is 38.5 Å². The lowest BCUT2D eigenvalue weighted by Gasteiger charge is -2.17. The molecule has 0 radical (unpaired) electrons. The van der Waals surface area contributed by atoms with Crippen molar-refractivity contribution in [1.29, 1.82) is 0 Å². The van der Waals surface area contributed by atoms with Crippen molar-refractivity contribution in [2.75, 3.05) is 14.2 Å². The number of aryl methyl sites for hydroxylation is 1. The minimum absolute atomic E-state index is 0.661. The first-order valence-corrected chi connectivity index (χ1v) is 11.3. The third kappa shape index (κ3) is 7.01. The molecule has 178 valence electrons. The van der Waals surface area contributed by atoms with Crippen molar-refractivity contribution in [2.24, 2.45) is 0 Å². The summed E-state index contributed by atoms with van der Waals surface area (Å²) in [5.74, 6) is 2.09. The highest BCUT2D eigenvalue weighted by molar-refractivity contribution is 5.79. The highest BCUT2D eigenvalue weighted by Crippen LogP contribution is 2.32. The van der Waals surface area contributed by atoms with Gasteiger partial charge in [-0.3, -0.25) is 4.98 Å². The molecule has 0 atom stereocenters.